The fourth-order valence-corrected chi connectivity index (χ4v) is 2.19. The van der Waals surface area contributed by atoms with Crippen molar-refractivity contribution in [2.24, 2.45) is 0 Å². The van der Waals surface area contributed by atoms with Crippen molar-refractivity contribution in [2.75, 3.05) is 25.0 Å². The second-order valence-corrected chi connectivity index (χ2v) is 4.55. The second-order valence-electron chi connectivity index (χ2n) is 4.55. The summed E-state index contributed by atoms with van der Waals surface area (Å²) in [4.78, 5) is 34.2. The zero-order valence-electron chi connectivity index (χ0n) is 11.2. The average Bonchev–Trinajstić information content (AvgIpc) is 2.80. The maximum Gasteiger partial charge on any atom is 0.356 e. The van der Waals surface area contributed by atoms with Gasteiger partial charge in [0.2, 0.25) is 5.91 Å². The molecular weight excluding hydrogens is 260 g/mol. The molecule has 7 nitrogen and oxygen atoms in total. The number of hydrogen-bond donors (Lipinski definition) is 1. The highest BCUT2D eigenvalue weighted by molar-refractivity contribution is 5.87. The first-order chi connectivity index (χ1) is 9.54. The summed E-state index contributed by atoms with van der Waals surface area (Å²) in [5.41, 5.74) is -0.117. The summed E-state index contributed by atoms with van der Waals surface area (Å²) in [6, 6.07) is -0.292. The van der Waals surface area contributed by atoms with Crippen molar-refractivity contribution < 1.29 is 14.7 Å². The number of likely N-dealkylation sites (N-methyl/N-ethyl adjacent to an activating group) is 1. The third-order valence-corrected chi connectivity index (χ3v) is 3.30. The fraction of sp³-hybridized carbons (Fsp3) is 0.385. The van der Waals surface area contributed by atoms with E-state index < -0.39 is 5.97 Å². The Morgan fingerprint density at radius 2 is 2.35 bits per heavy atom. The molecule has 2 heterocycles. The van der Waals surface area contributed by atoms with Crippen LogP contribution >= 0.6 is 0 Å². The van der Waals surface area contributed by atoms with Crippen LogP contribution in [0.3, 0.4) is 0 Å². The van der Waals surface area contributed by atoms with Crippen LogP contribution < -0.4 is 4.90 Å². The second kappa shape index (κ2) is 5.68. The van der Waals surface area contributed by atoms with Gasteiger partial charge in [-0.3, -0.25) is 4.79 Å². The highest BCUT2D eigenvalue weighted by Crippen LogP contribution is 2.20. The zero-order valence-corrected chi connectivity index (χ0v) is 11.2. The lowest BCUT2D eigenvalue weighted by Crippen LogP contribution is -2.40. The van der Waals surface area contributed by atoms with E-state index in [1.54, 1.807) is 22.9 Å². The zero-order chi connectivity index (χ0) is 14.7. The van der Waals surface area contributed by atoms with Crippen LogP contribution in [-0.4, -0.2) is 58.0 Å². The van der Waals surface area contributed by atoms with Crippen LogP contribution in [0.5, 0.6) is 0 Å². The summed E-state index contributed by atoms with van der Waals surface area (Å²) < 4.78 is 0. The number of aromatic nitrogens is 2. The van der Waals surface area contributed by atoms with Crippen molar-refractivity contribution in [2.45, 2.75) is 12.5 Å². The van der Waals surface area contributed by atoms with E-state index >= 15 is 0 Å². The van der Waals surface area contributed by atoms with Crippen LogP contribution in [0.2, 0.25) is 0 Å². The third kappa shape index (κ3) is 2.61. The molecular formula is C13H16N4O3. The maximum atomic E-state index is 12.2. The molecule has 1 aliphatic heterocycles. The molecule has 7 heteroatoms. The molecule has 1 unspecified atom stereocenters. The number of carbonyl (C=O) groups is 2. The van der Waals surface area contributed by atoms with Crippen molar-refractivity contribution in [3.05, 3.63) is 30.7 Å². The fourth-order valence-electron chi connectivity index (χ4n) is 2.19. The molecule has 106 valence electrons. The number of amides is 1. The topological polar surface area (TPSA) is 86.6 Å². The number of nitrogens with zero attached hydrogens (tertiary/aromatic N) is 4. The first kappa shape index (κ1) is 14.0. The minimum absolute atomic E-state index is 0.0245. The number of anilines is 1. The lowest BCUT2D eigenvalue weighted by Gasteiger charge is -2.24. The van der Waals surface area contributed by atoms with Gasteiger partial charge in [0, 0.05) is 20.1 Å². The molecule has 20 heavy (non-hydrogen) atoms. The van der Waals surface area contributed by atoms with E-state index in [0.29, 0.717) is 25.3 Å². The largest absolute Gasteiger partial charge is 0.476 e. The van der Waals surface area contributed by atoms with E-state index in [1.807, 2.05) is 0 Å². The maximum absolute atomic E-state index is 12.2. The van der Waals surface area contributed by atoms with Gasteiger partial charge in [0.15, 0.2) is 5.69 Å². The van der Waals surface area contributed by atoms with Crippen LogP contribution in [0.1, 0.15) is 16.9 Å². The molecule has 0 aromatic carbocycles. The number of carbonyl (C=O) groups excluding carboxylic acids is 1. The molecule has 0 aliphatic carbocycles. The van der Waals surface area contributed by atoms with Gasteiger partial charge in [-0.25, -0.2) is 14.8 Å². The average molecular weight is 276 g/mol. The molecule has 0 spiro atoms. The Bertz CT molecular complexity index is 529. The van der Waals surface area contributed by atoms with Crippen molar-refractivity contribution >= 4 is 17.7 Å². The van der Waals surface area contributed by atoms with Crippen molar-refractivity contribution in [3.63, 3.8) is 0 Å². The normalized spacial score (nSPS) is 18.1. The smallest absolute Gasteiger partial charge is 0.356 e. The summed E-state index contributed by atoms with van der Waals surface area (Å²) in [5.74, 6) is -0.619. The lowest BCUT2D eigenvalue weighted by atomic mass is 10.2. The monoisotopic (exact) mass is 276 g/mol. The van der Waals surface area contributed by atoms with Gasteiger partial charge >= 0.3 is 5.97 Å². The van der Waals surface area contributed by atoms with Crippen LogP contribution in [0.4, 0.5) is 5.82 Å². The molecule has 0 saturated carbocycles. The Morgan fingerprint density at radius 1 is 1.60 bits per heavy atom. The molecule has 0 radical (unpaired) electrons. The Balaban J connectivity index is 2.11. The van der Waals surface area contributed by atoms with Gasteiger partial charge in [-0.2, -0.15) is 0 Å². The first-order valence-corrected chi connectivity index (χ1v) is 6.22. The Labute approximate surface area is 116 Å². The summed E-state index contributed by atoms with van der Waals surface area (Å²) >= 11 is 0. The van der Waals surface area contributed by atoms with E-state index in [4.69, 9.17) is 5.11 Å². The number of aromatic carboxylic acids is 1. The number of hydrogen-bond acceptors (Lipinski definition) is 5. The number of carboxylic acid groups (broad SMARTS) is 1. The summed E-state index contributed by atoms with van der Waals surface area (Å²) in [6.07, 6.45) is 4.95. The van der Waals surface area contributed by atoms with Gasteiger partial charge in [-0.1, -0.05) is 6.08 Å². The first-order valence-electron chi connectivity index (χ1n) is 6.22. The molecule has 2 rings (SSSR count). The van der Waals surface area contributed by atoms with E-state index in [-0.39, 0.29) is 17.6 Å². The van der Waals surface area contributed by atoms with Crippen molar-refractivity contribution in [3.8, 4) is 0 Å². The van der Waals surface area contributed by atoms with Crippen LogP contribution in [0, 0.1) is 0 Å². The predicted octanol–water partition coefficient (Wildman–Crippen LogP) is 0.398. The Morgan fingerprint density at radius 3 is 2.90 bits per heavy atom. The van der Waals surface area contributed by atoms with Gasteiger partial charge in [-0.05, 0) is 6.42 Å². The van der Waals surface area contributed by atoms with Gasteiger partial charge in [-0.15, -0.1) is 6.58 Å². The van der Waals surface area contributed by atoms with Gasteiger partial charge in [0.25, 0.3) is 0 Å². The van der Waals surface area contributed by atoms with E-state index in [0.717, 1.165) is 0 Å². The lowest BCUT2D eigenvalue weighted by molar-refractivity contribution is -0.128. The number of likely N-dealkylation sites (tertiary alicyclic amines) is 1. The number of rotatable bonds is 5. The molecule has 1 fully saturated rings. The Kier molecular flexibility index (Phi) is 3.97. The standard InChI is InChI=1S/C13H16N4O3/c1-3-5-17-6-4-10(12(17)18)16(2)11-8-14-9(7-15-11)13(19)20/h3,7-8,10H,1,4-6H2,2H3,(H,19,20). The summed E-state index contributed by atoms with van der Waals surface area (Å²) in [6.45, 7) is 4.84. The van der Waals surface area contributed by atoms with Crippen molar-refractivity contribution in [1.82, 2.24) is 14.9 Å². The molecule has 1 aromatic rings. The molecule has 1 atom stereocenters. The molecule has 1 aliphatic rings. The SMILES string of the molecule is C=CCN1CCC(N(C)c2cnc(C(=O)O)cn2)C1=O. The molecule has 0 bridgehead atoms. The van der Waals surface area contributed by atoms with E-state index in [2.05, 4.69) is 16.5 Å². The van der Waals surface area contributed by atoms with Crippen LogP contribution in [0.25, 0.3) is 0 Å². The van der Waals surface area contributed by atoms with Gasteiger partial charge < -0.3 is 14.9 Å². The summed E-state index contributed by atoms with van der Waals surface area (Å²) in [5, 5.41) is 8.78. The van der Waals surface area contributed by atoms with Crippen LogP contribution in [0.15, 0.2) is 25.0 Å². The quantitative estimate of drug-likeness (QED) is 0.783. The molecule has 1 saturated heterocycles. The third-order valence-electron chi connectivity index (χ3n) is 3.30. The van der Waals surface area contributed by atoms with Crippen molar-refractivity contribution in [1.29, 1.82) is 0 Å². The predicted molar refractivity (Wildman–Crippen MR) is 72.6 cm³/mol. The van der Waals surface area contributed by atoms with Gasteiger partial charge in [0.05, 0.1) is 12.4 Å². The van der Waals surface area contributed by atoms with Crippen LogP contribution in [-0.2, 0) is 4.79 Å². The summed E-state index contributed by atoms with van der Waals surface area (Å²) in [7, 11) is 1.75. The number of carboxylic acids is 1. The highest BCUT2D eigenvalue weighted by atomic mass is 16.4. The minimum atomic E-state index is -1.12. The minimum Gasteiger partial charge on any atom is -0.476 e. The molecule has 1 N–H and O–H groups in total. The molecule has 1 aromatic heterocycles. The highest BCUT2D eigenvalue weighted by Gasteiger charge is 2.34. The Hall–Kier alpha value is -2.44. The van der Waals surface area contributed by atoms with E-state index in [9.17, 15) is 9.59 Å². The van der Waals surface area contributed by atoms with E-state index in [1.165, 1.54) is 12.4 Å². The van der Waals surface area contributed by atoms with Gasteiger partial charge in [0.1, 0.15) is 11.9 Å². The molecule has 1 amide bonds.